The van der Waals surface area contributed by atoms with E-state index in [1.54, 1.807) is 6.92 Å². The first-order valence-electron chi connectivity index (χ1n) is 7.32. The van der Waals surface area contributed by atoms with Crippen LogP contribution in [0.5, 0.6) is 0 Å². The normalized spacial score (nSPS) is 20.0. The molecule has 120 valence electrons. The van der Waals surface area contributed by atoms with Crippen molar-refractivity contribution < 1.29 is 19.1 Å². The summed E-state index contributed by atoms with van der Waals surface area (Å²) in [6.45, 7) is 5.45. The van der Waals surface area contributed by atoms with E-state index in [0.29, 0.717) is 13.2 Å². The van der Waals surface area contributed by atoms with E-state index < -0.39 is 0 Å². The molecule has 2 unspecified atom stereocenters. The SMILES string of the molecule is CNCC(C)OCCNC(=O)CCN1C(=O)CC(C)C1=O. The Morgan fingerprint density at radius 3 is 2.76 bits per heavy atom. The molecule has 0 spiro atoms. The Labute approximate surface area is 125 Å². The minimum absolute atomic E-state index is 0.0910. The maximum atomic E-state index is 11.7. The molecule has 1 aliphatic rings. The summed E-state index contributed by atoms with van der Waals surface area (Å²) in [5.74, 6) is -0.816. The second-order valence-electron chi connectivity index (χ2n) is 5.33. The fraction of sp³-hybridized carbons (Fsp3) is 0.786. The van der Waals surface area contributed by atoms with E-state index in [4.69, 9.17) is 4.74 Å². The van der Waals surface area contributed by atoms with Crippen LogP contribution in [0.15, 0.2) is 0 Å². The van der Waals surface area contributed by atoms with Crippen LogP contribution < -0.4 is 10.6 Å². The lowest BCUT2D eigenvalue weighted by Crippen LogP contribution is -2.36. The number of ether oxygens (including phenoxy) is 1. The van der Waals surface area contributed by atoms with Gasteiger partial charge >= 0.3 is 0 Å². The van der Waals surface area contributed by atoms with Gasteiger partial charge in [0, 0.05) is 38.4 Å². The molecule has 2 atom stereocenters. The smallest absolute Gasteiger partial charge is 0.232 e. The first-order valence-corrected chi connectivity index (χ1v) is 7.32. The molecule has 0 saturated carbocycles. The molecule has 21 heavy (non-hydrogen) atoms. The second-order valence-corrected chi connectivity index (χ2v) is 5.33. The summed E-state index contributed by atoms with van der Waals surface area (Å²) in [6, 6.07) is 0. The van der Waals surface area contributed by atoms with Gasteiger partial charge in [-0.1, -0.05) is 6.92 Å². The molecule has 2 N–H and O–H groups in total. The minimum atomic E-state index is -0.261. The lowest BCUT2D eigenvalue weighted by molar-refractivity contribution is -0.139. The number of nitrogens with zero attached hydrogens (tertiary/aromatic N) is 1. The van der Waals surface area contributed by atoms with Gasteiger partial charge in [0.15, 0.2) is 0 Å². The molecule has 3 amide bonds. The van der Waals surface area contributed by atoms with Crippen molar-refractivity contribution in [2.45, 2.75) is 32.8 Å². The van der Waals surface area contributed by atoms with Crippen LogP contribution in [0, 0.1) is 5.92 Å². The molecule has 0 aliphatic carbocycles. The van der Waals surface area contributed by atoms with Crippen molar-refractivity contribution in [2.75, 3.05) is 33.3 Å². The molecule has 1 saturated heterocycles. The Kier molecular flexibility index (Phi) is 7.31. The molecular weight excluding hydrogens is 274 g/mol. The number of hydrogen-bond acceptors (Lipinski definition) is 5. The molecule has 0 aromatic carbocycles. The molecule has 0 bridgehead atoms. The highest BCUT2D eigenvalue weighted by atomic mass is 16.5. The van der Waals surface area contributed by atoms with Gasteiger partial charge in [0.25, 0.3) is 0 Å². The zero-order valence-electron chi connectivity index (χ0n) is 13.0. The molecule has 7 heteroatoms. The summed E-state index contributed by atoms with van der Waals surface area (Å²) >= 11 is 0. The largest absolute Gasteiger partial charge is 0.375 e. The van der Waals surface area contributed by atoms with Gasteiger partial charge in [0.05, 0.1) is 12.7 Å². The van der Waals surface area contributed by atoms with E-state index in [2.05, 4.69) is 10.6 Å². The second kappa shape index (κ2) is 8.74. The summed E-state index contributed by atoms with van der Waals surface area (Å²) in [5, 5.41) is 5.71. The van der Waals surface area contributed by atoms with Crippen molar-refractivity contribution in [3.05, 3.63) is 0 Å². The van der Waals surface area contributed by atoms with Gasteiger partial charge in [-0.3, -0.25) is 19.3 Å². The molecule has 1 fully saturated rings. The maximum Gasteiger partial charge on any atom is 0.232 e. The predicted molar refractivity (Wildman–Crippen MR) is 77.5 cm³/mol. The van der Waals surface area contributed by atoms with Gasteiger partial charge in [-0.05, 0) is 14.0 Å². The molecule has 1 rings (SSSR count). The van der Waals surface area contributed by atoms with Gasteiger partial charge in [0.2, 0.25) is 17.7 Å². The molecular formula is C14H25N3O4. The Morgan fingerprint density at radius 2 is 2.19 bits per heavy atom. The third-order valence-corrected chi connectivity index (χ3v) is 3.35. The Hall–Kier alpha value is -1.47. The highest BCUT2D eigenvalue weighted by Crippen LogP contribution is 2.18. The Balaban J connectivity index is 2.14. The zero-order valence-corrected chi connectivity index (χ0v) is 13.0. The van der Waals surface area contributed by atoms with Crippen LogP contribution in [0.3, 0.4) is 0 Å². The number of likely N-dealkylation sites (tertiary alicyclic amines) is 1. The summed E-state index contributed by atoms with van der Waals surface area (Å²) < 4.78 is 5.46. The lowest BCUT2D eigenvalue weighted by Gasteiger charge is -2.15. The Morgan fingerprint density at radius 1 is 1.48 bits per heavy atom. The molecule has 1 aliphatic heterocycles. The van der Waals surface area contributed by atoms with Crippen molar-refractivity contribution in [3.63, 3.8) is 0 Å². The number of imide groups is 1. The highest BCUT2D eigenvalue weighted by molar-refractivity contribution is 6.03. The van der Waals surface area contributed by atoms with Crippen LogP contribution in [0.4, 0.5) is 0 Å². The highest BCUT2D eigenvalue weighted by Gasteiger charge is 2.35. The number of amides is 3. The number of rotatable bonds is 9. The molecule has 0 aromatic heterocycles. The standard InChI is InChI=1S/C14H25N3O4/c1-10-8-13(19)17(14(10)20)6-4-12(18)16-5-7-21-11(2)9-15-3/h10-11,15H,4-9H2,1-3H3,(H,16,18). The van der Waals surface area contributed by atoms with Gasteiger partial charge in [0.1, 0.15) is 0 Å². The molecule has 1 heterocycles. The summed E-state index contributed by atoms with van der Waals surface area (Å²) in [6.07, 6.45) is 0.474. The third-order valence-electron chi connectivity index (χ3n) is 3.35. The van der Waals surface area contributed by atoms with E-state index in [1.165, 1.54) is 4.90 Å². The zero-order chi connectivity index (χ0) is 15.8. The van der Waals surface area contributed by atoms with Crippen LogP contribution in [0.2, 0.25) is 0 Å². The van der Waals surface area contributed by atoms with E-state index in [-0.39, 0.29) is 49.1 Å². The van der Waals surface area contributed by atoms with Gasteiger partial charge < -0.3 is 15.4 Å². The molecule has 7 nitrogen and oxygen atoms in total. The Bertz CT molecular complexity index is 386. The van der Waals surface area contributed by atoms with E-state index in [1.807, 2.05) is 14.0 Å². The number of likely N-dealkylation sites (N-methyl/N-ethyl adjacent to an activating group) is 1. The average molecular weight is 299 g/mol. The summed E-state index contributed by atoms with van der Waals surface area (Å²) in [7, 11) is 1.85. The maximum absolute atomic E-state index is 11.7. The summed E-state index contributed by atoms with van der Waals surface area (Å²) in [5.41, 5.74) is 0. The summed E-state index contributed by atoms with van der Waals surface area (Å²) in [4.78, 5) is 36.0. The lowest BCUT2D eigenvalue weighted by atomic mass is 10.1. The van der Waals surface area contributed by atoms with Crippen LogP contribution >= 0.6 is 0 Å². The van der Waals surface area contributed by atoms with Gasteiger partial charge in [-0.2, -0.15) is 0 Å². The fourth-order valence-electron chi connectivity index (χ4n) is 2.18. The van der Waals surface area contributed by atoms with Crippen molar-refractivity contribution in [1.29, 1.82) is 0 Å². The minimum Gasteiger partial charge on any atom is -0.375 e. The molecule has 0 aromatic rings. The van der Waals surface area contributed by atoms with Crippen LogP contribution in [0.25, 0.3) is 0 Å². The predicted octanol–water partition coefficient (Wildman–Crippen LogP) is -0.488. The number of carbonyl (C=O) groups excluding carboxylic acids is 3. The van der Waals surface area contributed by atoms with Gasteiger partial charge in [-0.25, -0.2) is 0 Å². The average Bonchev–Trinajstić information content (AvgIpc) is 2.67. The quantitative estimate of drug-likeness (QED) is 0.443. The monoisotopic (exact) mass is 299 g/mol. The van der Waals surface area contributed by atoms with E-state index >= 15 is 0 Å². The third kappa shape index (κ3) is 5.81. The van der Waals surface area contributed by atoms with Crippen molar-refractivity contribution >= 4 is 17.7 Å². The number of nitrogens with one attached hydrogen (secondary N) is 2. The van der Waals surface area contributed by atoms with Crippen LogP contribution in [-0.2, 0) is 19.1 Å². The van der Waals surface area contributed by atoms with Crippen molar-refractivity contribution in [3.8, 4) is 0 Å². The topological polar surface area (TPSA) is 87.7 Å². The van der Waals surface area contributed by atoms with Crippen LogP contribution in [0.1, 0.15) is 26.7 Å². The number of carbonyl (C=O) groups is 3. The first kappa shape index (κ1) is 17.6. The van der Waals surface area contributed by atoms with E-state index in [9.17, 15) is 14.4 Å². The number of hydrogen-bond donors (Lipinski definition) is 2. The van der Waals surface area contributed by atoms with Crippen molar-refractivity contribution in [1.82, 2.24) is 15.5 Å². The fourth-order valence-corrected chi connectivity index (χ4v) is 2.18. The molecule has 0 radical (unpaired) electrons. The first-order chi connectivity index (χ1) is 9.95. The van der Waals surface area contributed by atoms with Gasteiger partial charge in [-0.15, -0.1) is 0 Å². The van der Waals surface area contributed by atoms with Crippen LogP contribution in [-0.4, -0.2) is 62.0 Å². The van der Waals surface area contributed by atoms with Crippen molar-refractivity contribution in [2.24, 2.45) is 5.92 Å². The van der Waals surface area contributed by atoms with E-state index in [0.717, 1.165) is 6.54 Å².